The number of nitrogens with zero attached hydrogens (tertiary/aromatic N) is 3. The van der Waals surface area contributed by atoms with E-state index in [0.717, 1.165) is 11.1 Å². The van der Waals surface area contributed by atoms with Gasteiger partial charge in [-0.25, -0.2) is 9.67 Å². The summed E-state index contributed by atoms with van der Waals surface area (Å²) in [6, 6.07) is 13.1. The van der Waals surface area contributed by atoms with Gasteiger partial charge in [0.15, 0.2) is 5.82 Å². The smallest absolute Gasteiger partial charge is 0.406 e. The summed E-state index contributed by atoms with van der Waals surface area (Å²) in [7, 11) is 2.51. The van der Waals surface area contributed by atoms with E-state index in [1.54, 1.807) is 0 Å². The van der Waals surface area contributed by atoms with Crippen molar-refractivity contribution < 1.29 is 17.9 Å². The van der Waals surface area contributed by atoms with E-state index in [9.17, 15) is 13.2 Å². The maximum atomic E-state index is 12.2. The van der Waals surface area contributed by atoms with Crippen LogP contribution in [-0.4, -0.2) is 21.1 Å². The Labute approximate surface area is 144 Å². The maximum Gasteiger partial charge on any atom is 0.573 e. The topological polar surface area (TPSA) is 39.9 Å². The summed E-state index contributed by atoms with van der Waals surface area (Å²) in [6.07, 6.45) is -1.25. The minimum Gasteiger partial charge on any atom is -0.406 e. The van der Waals surface area contributed by atoms with Crippen molar-refractivity contribution in [2.45, 2.75) is 6.36 Å². The van der Waals surface area contributed by atoms with Gasteiger partial charge < -0.3 is 4.74 Å². The van der Waals surface area contributed by atoms with E-state index >= 15 is 0 Å². The van der Waals surface area contributed by atoms with E-state index < -0.39 is 6.36 Å². The molecule has 0 amide bonds. The molecule has 1 heterocycles. The highest BCUT2D eigenvalue weighted by Gasteiger charge is 2.30. The van der Waals surface area contributed by atoms with Crippen molar-refractivity contribution in [3.63, 3.8) is 0 Å². The van der Waals surface area contributed by atoms with Crippen LogP contribution >= 0.6 is 9.24 Å². The number of hydrogen-bond donors (Lipinski definition) is 0. The quantitative estimate of drug-likeness (QED) is 0.632. The van der Waals surface area contributed by atoms with Crippen LogP contribution in [0.4, 0.5) is 13.2 Å². The minimum absolute atomic E-state index is 0.283. The van der Waals surface area contributed by atoms with Crippen molar-refractivity contribution in [1.82, 2.24) is 14.8 Å². The highest BCUT2D eigenvalue weighted by atomic mass is 31.0. The van der Waals surface area contributed by atoms with Crippen molar-refractivity contribution in [2.75, 3.05) is 0 Å². The number of rotatable bonds is 4. The monoisotopic (exact) mass is 363 g/mol. The van der Waals surface area contributed by atoms with Crippen LogP contribution in [0, 0.1) is 0 Å². The molecule has 0 aliphatic carbocycles. The van der Waals surface area contributed by atoms with Gasteiger partial charge in [0, 0.05) is 5.56 Å². The third-order valence-corrected chi connectivity index (χ3v) is 3.48. The predicted octanol–water partition coefficient (Wildman–Crippen LogP) is 4.68. The summed E-state index contributed by atoms with van der Waals surface area (Å²) in [4.78, 5) is 4.24. The Morgan fingerprint density at radius 1 is 1.00 bits per heavy atom. The Bertz CT molecular complexity index is 871. The van der Waals surface area contributed by atoms with Crippen molar-refractivity contribution >= 4 is 15.3 Å². The number of aromatic nitrogens is 3. The van der Waals surface area contributed by atoms with Gasteiger partial charge in [0.25, 0.3) is 0 Å². The van der Waals surface area contributed by atoms with Gasteiger partial charge in [-0.05, 0) is 29.8 Å². The van der Waals surface area contributed by atoms with Gasteiger partial charge in [0.2, 0.25) is 0 Å². The summed E-state index contributed by atoms with van der Waals surface area (Å²) in [5.41, 5.74) is 2.48. The molecule has 0 aliphatic rings. The molecule has 0 spiro atoms. The molecule has 2 aromatic carbocycles. The first kappa shape index (κ1) is 17.2. The van der Waals surface area contributed by atoms with Crippen molar-refractivity contribution in [3.8, 4) is 22.8 Å². The molecule has 0 radical (unpaired) electrons. The van der Waals surface area contributed by atoms with Crippen LogP contribution in [0.1, 0.15) is 5.56 Å². The van der Waals surface area contributed by atoms with E-state index in [1.807, 2.05) is 36.2 Å². The van der Waals surface area contributed by atoms with E-state index in [1.165, 1.54) is 35.3 Å². The molecule has 1 unspecified atom stereocenters. The molecule has 1 aromatic heterocycles. The van der Waals surface area contributed by atoms with Crippen LogP contribution in [-0.2, 0) is 0 Å². The second kappa shape index (κ2) is 7.07. The average Bonchev–Trinajstić information content (AvgIpc) is 3.05. The summed E-state index contributed by atoms with van der Waals surface area (Å²) in [6.45, 7) is 0. The number of benzene rings is 2. The van der Waals surface area contributed by atoms with Crippen molar-refractivity contribution in [1.29, 1.82) is 0 Å². The van der Waals surface area contributed by atoms with Crippen LogP contribution in [0.2, 0.25) is 0 Å². The van der Waals surface area contributed by atoms with Crippen LogP contribution < -0.4 is 4.74 Å². The van der Waals surface area contributed by atoms with Crippen LogP contribution in [0.15, 0.2) is 60.7 Å². The van der Waals surface area contributed by atoms with Gasteiger partial charge in [-0.15, -0.1) is 27.5 Å². The van der Waals surface area contributed by atoms with Gasteiger partial charge >= 0.3 is 6.36 Å². The Hall–Kier alpha value is -2.66. The molecule has 3 aromatic rings. The Morgan fingerprint density at radius 3 is 2.28 bits per heavy atom. The highest BCUT2D eigenvalue weighted by Crippen LogP contribution is 2.24. The van der Waals surface area contributed by atoms with Gasteiger partial charge in [0.1, 0.15) is 12.1 Å². The molecule has 0 saturated heterocycles. The molecular formula is C17H13F3N3OP. The summed E-state index contributed by atoms with van der Waals surface area (Å²) >= 11 is 0. The zero-order valence-corrected chi connectivity index (χ0v) is 14.0. The van der Waals surface area contributed by atoms with E-state index in [-0.39, 0.29) is 5.75 Å². The van der Waals surface area contributed by atoms with Gasteiger partial charge in [-0.1, -0.05) is 36.2 Å². The zero-order valence-electron chi connectivity index (χ0n) is 12.8. The molecule has 0 aliphatic heterocycles. The lowest BCUT2D eigenvalue weighted by atomic mass is 10.1. The van der Waals surface area contributed by atoms with Crippen LogP contribution in [0.3, 0.4) is 0 Å². The molecule has 0 N–H and O–H groups in total. The summed E-state index contributed by atoms with van der Waals surface area (Å²) in [5.74, 6) is 2.11. The van der Waals surface area contributed by atoms with Gasteiger partial charge in [-0.2, -0.15) is 0 Å². The fourth-order valence-electron chi connectivity index (χ4n) is 2.17. The fourth-order valence-corrected chi connectivity index (χ4v) is 2.40. The molecule has 4 nitrogen and oxygen atoms in total. The molecule has 8 heteroatoms. The van der Waals surface area contributed by atoms with Crippen molar-refractivity contribution in [3.05, 3.63) is 66.2 Å². The Balaban J connectivity index is 1.79. The number of halogens is 3. The largest absolute Gasteiger partial charge is 0.573 e. The van der Waals surface area contributed by atoms with Crippen molar-refractivity contribution in [2.24, 2.45) is 0 Å². The maximum absolute atomic E-state index is 12.2. The molecule has 3 rings (SSSR count). The minimum atomic E-state index is -4.71. The zero-order chi connectivity index (χ0) is 17.9. The molecular weight excluding hydrogens is 350 g/mol. The lowest BCUT2D eigenvalue weighted by Gasteiger charge is -2.09. The first-order valence-electron chi connectivity index (χ1n) is 7.21. The SMILES string of the molecule is FC(F)(F)Oc1ccc(-n2cnc(-c3ccc(/C=C/P)cc3)n2)cc1. The summed E-state index contributed by atoms with van der Waals surface area (Å²) < 4.78 is 41.9. The number of hydrogen-bond acceptors (Lipinski definition) is 3. The Morgan fingerprint density at radius 2 is 1.68 bits per heavy atom. The Kier molecular flexibility index (Phi) is 4.86. The lowest BCUT2D eigenvalue weighted by molar-refractivity contribution is -0.274. The molecule has 25 heavy (non-hydrogen) atoms. The number of alkyl halides is 3. The average molecular weight is 363 g/mol. The molecule has 0 saturated carbocycles. The van der Waals surface area contributed by atoms with Gasteiger partial charge in [-0.3, -0.25) is 0 Å². The molecule has 1 atom stereocenters. The van der Waals surface area contributed by atoms with E-state index in [2.05, 4.69) is 24.1 Å². The predicted molar refractivity (Wildman–Crippen MR) is 92.2 cm³/mol. The summed E-state index contributed by atoms with van der Waals surface area (Å²) in [5, 5.41) is 4.35. The third-order valence-electron chi connectivity index (χ3n) is 3.28. The van der Waals surface area contributed by atoms with E-state index in [4.69, 9.17) is 0 Å². The second-order valence-electron chi connectivity index (χ2n) is 5.04. The normalized spacial score (nSPS) is 11.8. The van der Waals surface area contributed by atoms with E-state index in [0.29, 0.717) is 11.5 Å². The first-order chi connectivity index (χ1) is 11.9. The lowest BCUT2D eigenvalue weighted by Crippen LogP contribution is -2.17. The third kappa shape index (κ3) is 4.45. The van der Waals surface area contributed by atoms with Crippen LogP contribution in [0.5, 0.6) is 5.75 Å². The van der Waals surface area contributed by atoms with Crippen LogP contribution in [0.25, 0.3) is 23.2 Å². The number of ether oxygens (including phenoxy) is 1. The molecule has 128 valence electrons. The highest BCUT2D eigenvalue weighted by molar-refractivity contribution is 7.21. The molecule has 0 bridgehead atoms. The fraction of sp³-hybridized carbons (Fsp3) is 0.0588. The first-order valence-corrected chi connectivity index (χ1v) is 7.88. The molecule has 0 fully saturated rings. The second-order valence-corrected chi connectivity index (χ2v) is 5.42. The standard InChI is InChI=1S/C17H13F3N3OP/c18-17(19,20)24-15-7-5-14(6-8-15)23-11-21-16(22-23)13-3-1-12(2-4-13)9-10-25/h1-11H,25H2/b10-9+. The van der Waals surface area contributed by atoms with Gasteiger partial charge in [0.05, 0.1) is 5.69 Å².